The maximum Gasteiger partial charge on any atom is 0.143 e. The van der Waals surface area contributed by atoms with Gasteiger partial charge in [-0.3, -0.25) is 9.69 Å². The molecule has 17 heavy (non-hydrogen) atoms. The molecule has 1 rings (SSSR count). The molecule has 1 aromatic carbocycles. The molecule has 0 amide bonds. The summed E-state index contributed by atoms with van der Waals surface area (Å²) in [5, 5.41) is 0. The van der Waals surface area contributed by atoms with Gasteiger partial charge in [0.25, 0.3) is 0 Å². The Morgan fingerprint density at radius 1 is 1.41 bits per heavy atom. The number of ketones is 1. The number of aryl methyl sites for hydroxylation is 1. The van der Waals surface area contributed by atoms with Crippen molar-refractivity contribution in [3.63, 3.8) is 0 Å². The third kappa shape index (κ3) is 4.57. The zero-order valence-corrected chi connectivity index (χ0v) is 11.1. The molecule has 0 N–H and O–H groups in total. The second-order valence-electron chi connectivity index (χ2n) is 4.51. The Balaban J connectivity index is 2.61. The van der Waals surface area contributed by atoms with Crippen LogP contribution in [0.5, 0.6) is 5.75 Å². The number of carbonyl (C=O) groups is 1. The first kappa shape index (κ1) is 13.7. The molecule has 0 saturated heterocycles. The van der Waals surface area contributed by atoms with E-state index in [2.05, 4.69) is 13.0 Å². The summed E-state index contributed by atoms with van der Waals surface area (Å²) in [6.45, 7) is 5.06. The zero-order chi connectivity index (χ0) is 12.8. The van der Waals surface area contributed by atoms with Gasteiger partial charge in [-0.05, 0) is 38.9 Å². The largest absolute Gasteiger partial charge is 0.496 e. The van der Waals surface area contributed by atoms with Crippen LogP contribution in [0.15, 0.2) is 18.2 Å². The van der Waals surface area contributed by atoms with Gasteiger partial charge in [-0.15, -0.1) is 0 Å². The molecular weight excluding hydrogens is 214 g/mol. The highest BCUT2D eigenvalue weighted by Crippen LogP contribution is 2.20. The van der Waals surface area contributed by atoms with Crippen molar-refractivity contribution in [3.05, 3.63) is 29.3 Å². The highest BCUT2D eigenvalue weighted by Gasteiger charge is 2.06. The highest BCUT2D eigenvalue weighted by molar-refractivity contribution is 5.77. The minimum Gasteiger partial charge on any atom is -0.496 e. The molecule has 0 saturated carbocycles. The van der Waals surface area contributed by atoms with Crippen molar-refractivity contribution in [2.45, 2.75) is 20.3 Å². The molecule has 0 radical (unpaired) electrons. The van der Waals surface area contributed by atoms with Crippen LogP contribution in [0.2, 0.25) is 0 Å². The Labute approximate surface area is 103 Å². The molecule has 0 aliphatic carbocycles. The minimum atomic E-state index is 0.198. The SMILES string of the molecule is COc1ccc(C)cc1CCN(C)CC(C)=O. The summed E-state index contributed by atoms with van der Waals surface area (Å²) in [5.41, 5.74) is 2.43. The van der Waals surface area contributed by atoms with Crippen LogP contribution in [0.3, 0.4) is 0 Å². The average molecular weight is 235 g/mol. The lowest BCUT2D eigenvalue weighted by molar-refractivity contribution is -0.117. The van der Waals surface area contributed by atoms with Gasteiger partial charge in [0.15, 0.2) is 0 Å². The number of Topliss-reactive ketones (excluding diaryl/α,β-unsaturated/α-hetero) is 1. The molecule has 0 bridgehead atoms. The van der Waals surface area contributed by atoms with Crippen molar-refractivity contribution >= 4 is 5.78 Å². The molecule has 3 nitrogen and oxygen atoms in total. The van der Waals surface area contributed by atoms with E-state index < -0.39 is 0 Å². The first-order valence-electron chi connectivity index (χ1n) is 5.84. The van der Waals surface area contributed by atoms with Crippen molar-refractivity contribution in [2.75, 3.05) is 27.2 Å². The Hall–Kier alpha value is -1.35. The van der Waals surface area contributed by atoms with Crippen molar-refractivity contribution in [3.8, 4) is 5.75 Å². The first-order chi connectivity index (χ1) is 8.02. The third-order valence-electron chi connectivity index (χ3n) is 2.69. The molecule has 0 fully saturated rings. The van der Waals surface area contributed by atoms with Crippen molar-refractivity contribution in [2.24, 2.45) is 0 Å². The van der Waals surface area contributed by atoms with E-state index in [-0.39, 0.29) is 5.78 Å². The molecule has 1 aromatic rings. The highest BCUT2D eigenvalue weighted by atomic mass is 16.5. The maximum absolute atomic E-state index is 11.0. The van der Waals surface area contributed by atoms with Crippen LogP contribution in [0, 0.1) is 6.92 Å². The van der Waals surface area contributed by atoms with Crippen LogP contribution in [-0.4, -0.2) is 37.9 Å². The van der Waals surface area contributed by atoms with Gasteiger partial charge in [-0.2, -0.15) is 0 Å². The van der Waals surface area contributed by atoms with Gasteiger partial charge < -0.3 is 4.74 Å². The number of methoxy groups -OCH3 is 1. The quantitative estimate of drug-likeness (QED) is 0.756. The van der Waals surface area contributed by atoms with Crippen LogP contribution in [-0.2, 0) is 11.2 Å². The van der Waals surface area contributed by atoms with E-state index in [0.717, 1.165) is 18.7 Å². The molecule has 0 aliphatic heterocycles. The van der Waals surface area contributed by atoms with Crippen LogP contribution in [0.4, 0.5) is 0 Å². The normalized spacial score (nSPS) is 10.6. The number of hydrogen-bond donors (Lipinski definition) is 0. The standard InChI is InChI=1S/C14H21NO2/c1-11-5-6-14(17-4)13(9-11)7-8-15(3)10-12(2)16/h5-6,9H,7-8,10H2,1-4H3. The van der Waals surface area contributed by atoms with Gasteiger partial charge in [0.2, 0.25) is 0 Å². The van der Waals surface area contributed by atoms with E-state index in [1.807, 2.05) is 24.1 Å². The summed E-state index contributed by atoms with van der Waals surface area (Å²) in [6.07, 6.45) is 0.897. The average Bonchev–Trinajstić information content (AvgIpc) is 2.25. The summed E-state index contributed by atoms with van der Waals surface area (Å²) in [7, 11) is 3.65. The van der Waals surface area contributed by atoms with Gasteiger partial charge in [0, 0.05) is 6.54 Å². The number of benzene rings is 1. The van der Waals surface area contributed by atoms with Crippen LogP contribution >= 0.6 is 0 Å². The molecule has 3 heteroatoms. The first-order valence-corrected chi connectivity index (χ1v) is 5.84. The van der Waals surface area contributed by atoms with Gasteiger partial charge in [0.1, 0.15) is 11.5 Å². The number of nitrogens with zero attached hydrogens (tertiary/aromatic N) is 1. The van der Waals surface area contributed by atoms with Gasteiger partial charge >= 0.3 is 0 Å². The lowest BCUT2D eigenvalue weighted by Gasteiger charge is -2.16. The van der Waals surface area contributed by atoms with Gasteiger partial charge in [0.05, 0.1) is 13.7 Å². The monoisotopic (exact) mass is 235 g/mol. The second kappa shape index (κ2) is 6.40. The summed E-state index contributed by atoms with van der Waals surface area (Å²) in [4.78, 5) is 13.0. The van der Waals surface area contributed by atoms with Gasteiger partial charge in [-0.25, -0.2) is 0 Å². The van der Waals surface area contributed by atoms with E-state index in [1.54, 1.807) is 14.0 Å². The lowest BCUT2D eigenvalue weighted by atomic mass is 10.1. The third-order valence-corrected chi connectivity index (χ3v) is 2.69. The number of rotatable bonds is 6. The minimum absolute atomic E-state index is 0.198. The maximum atomic E-state index is 11.0. The van der Waals surface area contributed by atoms with Gasteiger partial charge in [-0.1, -0.05) is 17.7 Å². The predicted molar refractivity (Wildman–Crippen MR) is 69.6 cm³/mol. The van der Waals surface area contributed by atoms with E-state index in [1.165, 1.54) is 11.1 Å². The molecular formula is C14H21NO2. The van der Waals surface area contributed by atoms with Crippen molar-refractivity contribution < 1.29 is 9.53 Å². The summed E-state index contributed by atoms with van der Waals surface area (Å²) < 4.78 is 5.33. The molecule has 0 heterocycles. The number of hydrogen-bond acceptors (Lipinski definition) is 3. The predicted octanol–water partition coefficient (Wildman–Crippen LogP) is 2.07. The van der Waals surface area contributed by atoms with E-state index in [4.69, 9.17) is 4.74 Å². The summed E-state index contributed by atoms with van der Waals surface area (Å²) >= 11 is 0. The number of ether oxygens (including phenoxy) is 1. The Morgan fingerprint density at radius 2 is 2.12 bits per heavy atom. The summed E-state index contributed by atoms with van der Waals surface area (Å²) in [5.74, 6) is 1.12. The second-order valence-corrected chi connectivity index (χ2v) is 4.51. The Bertz CT molecular complexity index is 388. The topological polar surface area (TPSA) is 29.5 Å². The Kier molecular flexibility index (Phi) is 5.16. The lowest BCUT2D eigenvalue weighted by Crippen LogP contribution is -2.26. The molecule has 94 valence electrons. The van der Waals surface area contributed by atoms with E-state index in [0.29, 0.717) is 6.54 Å². The Morgan fingerprint density at radius 3 is 2.71 bits per heavy atom. The smallest absolute Gasteiger partial charge is 0.143 e. The molecule has 0 aromatic heterocycles. The fourth-order valence-electron chi connectivity index (χ4n) is 1.87. The molecule has 0 unspecified atom stereocenters. The fraction of sp³-hybridized carbons (Fsp3) is 0.500. The fourth-order valence-corrected chi connectivity index (χ4v) is 1.87. The van der Waals surface area contributed by atoms with Crippen LogP contribution < -0.4 is 4.74 Å². The molecule has 0 spiro atoms. The van der Waals surface area contributed by atoms with Crippen molar-refractivity contribution in [1.29, 1.82) is 0 Å². The zero-order valence-electron chi connectivity index (χ0n) is 11.1. The number of carbonyl (C=O) groups excluding carboxylic acids is 1. The van der Waals surface area contributed by atoms with E-state index >= 15 is 0 Å². The molecule has 0 aliphatic rings. The van der Waals surface area contributed by atoms with E-state index in [9.17, 15) is 4.79 Å². The number of likely N-dealkylation sites (N-methyl/N-ethyl adjacent to an activating group) is 1. The summed E-state index contributed by atoms with van der Waals surface area (Å²) in [6, 6.07) is 6.18. The van der Waals surface area contributed by atoms with Crippen LogP contribution in [0.1, 0.15) is 18.1 Å². The van der Waals surface area contributed by atoms with Crippen LogP contribution in [0.25, 0.3) is 0 Å². The van der Waals surface area contributed by atoms with Crippen molar-refractivity contribution in [1.82, 2.24) is 4.90 Å². The molecule has 0 atom stereocenters.